The van der Waals surface area contributed by atoms with Gasteiger partial charge < -0.3 is 5.11 Å². The Balaban J connectivity index is 2.33. The Morgan fingerprint density at radius 1 is 0.941 bits per heavy atom. The fourth-order valence-corrected chi connectivity index (χ4v) is 2.89. The summed E-state index contributed by atoms with van der Waals surface area (Å²) in [4.78, 5) is 11.7. The second-order valence-corrected chi connectivity index (χ2v) is 5.02. The Labute approximate surface area is 103 Å². The van der Waals surface area contributed by atoms with Crippen LogP contribution in [-0.2, 0) is 10.2 Å². The average Bonchev–Trinajstić information content (AvgIpc) is 2.30. The van der Waals surface area contributed by atoms with E-state index >= 15 is 0 Å². The molecule has 0 atom stereocenters. The molecule has 0 aromatic heterocycles. The van der Waals surface area contributed by atoms with E-state index in [2.05, 4.69) is 0 Å². The minimum absolute atomic E-state index is 0.637. The van der Waals surface area contributed by atoms with Crippen LogP contribution in [0.2, 0.25) is 0 Å². The van der Waals surface area contributed by atoms with E-state index in [0.29, 0.717) is 0 Å². The first-order valence-electron chi connectivity index (χ1n) is 6.55. The maximum Gasteiger partial charge on any atom is 0.314 e. The molecule has 0 bridgehead atoms. The number of carboxylic acids is 1. The predicted octanol–water partition coefficient (Wildman–Crippen LogP) is 3.75. The minimum atomic E-state index is -0.648. The summed E-state index contributed by atoms with van der Waals surface area (Å²) in [7, 11) is 0. The van der Waals surface area contributed by atoms with Crippen molar-refractivity contribution in [1.82, 2.24) is 0 Å². The summed E-state index contributed by atoms with van der Waals surface area (Å²) in [5.41, 5.74) is 0.344. The highest BCUT2D eigenvalue weighted by molar-refractivity contribution is 5.81. The third kappa shape index (κ3) is 2.51. The van der Waals surface area contributed by atoms with Gasteiger partial charge in [0.15, 0.2) is 0 Å². The van der Waals surface area contributed by atoms with Gasteiger partial charge in [0.25, 0.3) is 0 Å². The van der Waals surface area contributed by atoms with Crippen molar-refractivity contribution >= 4 is 5.97 Å². The molecule has 92 valence electrons. The average molecular weight is 232 g/mol. The van der Waals surface area contributed by atoms with Crippen LogP contribution in [0.1, 0.15) is 50.5 Å². The second-order valence-electron chi connectivity index (χ2n) is 5.02. The molecular formula is C15H20O2. The molecule has 0 amide bonds. The molecule has 2 nitrogen and oxygen atoms in total. The van der Waals surface area contributed by atoms with E-state index < -0.39 is 11.4 Å². The molecule has 1 fully saturated rings. The SMILES string of the molecule is O=C(O)C1(c2ccccc2)CCCCCCC1. The molecule has 0 unspecified atom stereocenters. The van der Waals surface area contributed by atoms with Gasteiger partial charge in [0.1, 0.15) is 0 Å². The molecule has 1 aliphatic carbocycles. The van der Waals surface area contributed by atoms with E-state index in [1.165, 1.54) is 19.3 Å². The normalized spacial score (nSPS) is 20.2. The molecule has 1 aliphatic rings. The van der Waals surface area contributed by atoms with Gasteiger partial charge in [-0.05, 0) is 18.4 Å². The van der Waals surface area contributed by atoms with Crippen LogP contribution in [-0.4, -0.2) is 11.1 Å². The maximum absolute atomic E-state index is 11.7. The molecule has 2 heteroatoms. The van der Waals surface area contributed by atoms with Gasteiger partial charge in [0.05, 0.1) is 5.41 Å². The number of rotatable bonds is 2. The van der Waals surface area contributed by atoms with Crippen LogP contribution in [0.15, 0.2) is 30.3 Å². The lowest BCUT2D eigenvalue weighted by molar-refractivity contribution is -0.144. The molecule has 1 N–H and O–H groups in total. The van der Waals surface area contributed by atoms with Gasteiger partial charge in [-0.1, -0.05) is 62.4 Å². The van der Waals surface area contributed by atoms with Crippen LogP contribution in [0.4, 0.5) is 0 Å². The van der Waals surface area contributed by atoms with Crippen molar-refractivity contribution in [2.45, 2.75) is 50.4 Å². The predicted molar refractivity (Wildman–Crippen MR) is 68.1 cm³/mol. The fraction of sp³-hybridized carbons (Fsp3) is 0.533. The van der Waals surface area contributed by atoms with Crippen LogP contribution in [0, 0.1) is 0 Å². The first-order chi connectivity index (χ1) is 8.26. The summed E-state index contributed by atoms with van der Waals surface area (Å²) in [6, 6.07) is 9.77. The van der Waals surface area contributed by atoms with Gasteiger partial charge in [0, 0.05) is 0 Å². The number of hydrogen-bond acceptors (Lipinski definition) is 1. The molecular weight excluding hydrogens is 212 g/mol. The van der Waals surface area contributed by atoms with Crippen molar-refractivity contribution in [3.8, 4) is 0 Å². The highest BCUT2D eigenvalue weighted by Gasteiger charge is 2.39. The van der Waals surface area contributed by atoms with Gasteiger partial charge >= 0.3 is 5.97 Å². The zero-order valence-electron chi connectivity index (χ0n) is 10.2. The van der Waals surface area contributed by atoms with Gasteiger partial charge in [-0.3, -0.25) is 4.79 Å². The van der Waals surface area contributed by atoms with E-state index in [0.717, 1.165) is 31.2 Å². The lowest BCUT2D eigenvalue weighted by atomic mass is 9.71. The van der Waals surface area contributed by atoms with Crippen LogP contribution >= 0.6 is 0 Å². The molecule has 2 rings (SSSR count). The first-order valence-corrected chi connectivity index (χ1v) is 6.55. The third-order valence-corrected chi connectivity index (χ3v) is 3.94. The largest absolute Gasteiger partial charge is 0.481 e. The van der Waals surface area contributed by atoms with Crippen molar-refractivity contribution in [2.75, 3.05) is 0 Å². The van der Waals surface area contributed by atoms with E-state index in [-0.39, 0.29) is 0 Å². The van der Waals surface area contributed by atoms with E-state index in [1.54, 1.807) is 0 Å². The third-order valence-electron chi connectivity index (χ3n) is 3.94. The number of hydrogen-bond donors (Lipinski definition) is 1. The summed E-state index contributed by atoms with van der Waals surface area (Å²) >= 11 is 0. The maximum atomic E-state index is 11.7. The second kappa shape index (κ2) is 5.35. The van der Waals surface area contributed by atoms with Crippen molar-refractivity contribution in [3.05, 3.63) is 35.9 Å². The summed E-state index contributed by atoms with van der Waals surface area (Å²) in [6.07, 6.45) is 7.22. The molecule has 1 saturated carbocycles. The minimum Gasteiger partial charge on any atom is -0.481 e. The molecule has 0 heterocycles. The number of carboxylic acid groups (broad SMARTS) is 1. The molecule has 1 aromatic carbocycles. The van der Waals surface area contributed by atoms with Crippen molar-refractivity contribution in [3.63, 3.8) is 0 Å². The Hall–Kier alpha value is -1.31. The van der Waals surface area contributed by atoms with Gasteiger partial charge in [0.2, 0.25) is 0 Å². The van der Waals surface area contributed by atoms with Crippen LogP contribution in [0.25, 0.3) is 0 Å². The highest BCUT2D eigenvalue weighted by atomic mass is 16.4. The lowest BCUT2D eigenvalue weighted by Gasteiger charge is -2.31. The quantitative estimate of drug-likeness (QED) is 0.843. The number of carbonyl (C=O) groups is 1. The van der Waals surface area contributed by atoms with E-state index in [4.69, 9.17) is 0 Å². The summed E-state index contributed by atoms with van der Waals surface area (Å²) < 4.78 is 0. The van der Waals surface area contributed by atoms with E-state index in [9.17, 15) is 9.90 Å². The highest BCUT2D eigenvalue weighted by Crippen LogP contribution is 2.37. The van der Waals surface area contributed by atoms with Crippen molar-refractivity contribution in [2.24, 2.45) is 0 Å². The molecule has 0 aliphatic heterocycles. The van der Waals surface area contributed by atoms with Gasteiger partial charge in [-0.15, -0.1) is 0 Å². The first kappa shape index (κ1) is 12.2. The monoisotopic (exact) mass is 232 g/mol. The lowest BCUT2D eigenvalue weighted by Crippen LogP contribution is -2.36. The Morgan fingerprint density at radius 2 is 1.47 bits per heavy atom. The molecule has 0 saturated heterocycles. The van der Waals surface area contributed by atoms with Gasteiger partial charge in [-0.2, -0.15) is 0 Å². The number of aliphatic carboxylic acids is 1. The Morgan fingerprint density at radius 3 is 2.00 bits per heavy atom. The molecule has 17 heavy (non-hydrogen) atoms. The van der Waals surface area contributed by atoms with Crippen LogP contribution in [0.3, 0.4) is 0 Å². The topological polar surface area (TPSA) is 37.3 Å². The zero-order valence-corrected chi connectivity index (χ0v) is 10.2. The van der Waals surface area contributed by atoms with Crippen LogP contribution in [0.5, 0.6) is 0 Å². The van der Waals surface area contributed by atoms with Gasteiger partial charge in [-0.25, -0.2) is 0 Å². The van der Waals surface area contributed by atoms with Crippen LogP contribution < -0.4 is 0 Å². The van der Waals surface area contributed by atoms with E-state index in [1.807, 2.05) is 30.3 Å². The van der Waals surface area contributed by atoms with Crippen molar-refractivity contribution < 1.29 is 9.90 Å². The fourth-order valence-electron chi connectivity index (χ4n) is 2.89. The summed E-state index contributed by atoms with van der Waals surface area (Å²) in [5.74, 6) is -0.648. The number of benzene rings is 1. The molecule has 0 spiro atoms. The smallest absolute Gasteiger partial charge is 0.314 e. The standard InChI is InChI=1S/C15H20O2/c16-14(17)15(13-9-5-4-6-10-13)11-7-2-1-3-8-12-15/h4-6,9-10H,1-3,7-8,11-12H2,(H,16,17). The molecule has 1 aromatic rings. The Bertz CT molecular complexity index is 362. The summed E-state index contributed by atoms with van der Waals surface area (Å²) in [5, 5.41) is 9.66. The zero-order chi connectivity index (χ0) is 12.1. The van der Waals surface area contributed by atoms with Crippen molar-refractivity contribution in [1.29, 1.82) is 0 Å². The Kier molecular flexibility index (Phi) is 3.82. The summed E-state index contributed by atoms with van der Waals surface area (Å²) in [6.45, 7) is 0. The molecule has 0 radical (unpaired) electrons.